The molecule has 0 radical (unpaired) electrons. The Labute approximate surface area is 133 Å². The molecule has 112 valence electrons. The Morgan fingerprint density at radius 1 is 1.21 bits per heavy atom. The Bertz CT molecular complexity index is 403. The summed E-state index contributed by atoms with van der Waals surface area (Å²) in [6.45, 7) is 2.53. The van der Waals surface area contributed by atoms with Crippen LogP contribution in [0.1, 0.15) is 32.1 Å². The SMILES string of the molecule is I.NC(=NCC1CCS(=O)(=O)C1)N1CCCCCC1. The summed E-state index contributed by atoms with van der Waals surface area (Å²) in [5.41, 5.74) is 5.99. The first-order chi connectivity index (χ1) is 8.57. The van der Waals surface area contributed by atoms with E-state index in [4.69, 9.17) is 5.73 Å². The van der Waals surface area contributed by atoms with Crippen LogP contribution in [-0.2, 0) is 9.84 Å². The van der Waals surface area contributed by atoms with Crippen molar-refractivity contribution in [3.63, 3.8) is 0 Å². The number of hydrogen-bond acceptors (Lipinski definition) is 3. The van der Waals surface area contributed by atoms with Crippen molar-refractivity contribution < 1.29 is 8.42 Å². The molecule has 2 fully saturated rings. The maximum atomic E-state index is 11.3. The second-order valence-electron chi connectivity index (χ2n) is 5.37. The molecule has 0 saturated carbocycles. The van der Waals surface area contributed by atoms with Crippen LogP contribution in [0.5, 0.6) is 0 Å². The number of halogens is 1. The van der Waals surface area contributed by atoms with Gasteiger partial charge in [-0.1, -0.05) is 12.8 Å². The van der Waals surface area contributed by atoms with E-state index in [1.165, 1.54) is 25.7 Å². The molecular weight excluding hydrogens is 377 g/mol. The van der Waals surface area contributed by atoms with Crippen molar-refractivity contribution in [1.29, 1.82) is 0 Å². The van der Waals surface area contributed by atoms with Gasteiger partial charge in [0.2, 0.25) is 0 Å². The summed E-state index contributed by atoms with van der Waals surface area (Å²) in [5.74, 6) is 1.36. The Morgan fingerprint density at radius 2 is 1.84 bits per heavy atom. The maximum absolute atomic E-state index is 11.3. The summed E-state index contributed by atoms with van der Waals surface area (Å²) in [4.78, 5) is 6.53. The number of hydrogen-bond donors (Lipinski definition) is 1. The van der Waals surface area contributed by atoms with Crippen molar-refractivity contribution in [1.82, 2.24) is 4.90 Å². The summed E-state index contributed by atoms with van der Waals surface area (Å²) in [5, 5.41) is 0. The quantitative estimate of drug-likeness (QED) is 0.429. The maximum Gasteiger partial charge on any atom is 0.191 e. The Hall–Kier alpha value is -0.0500. The standard InChI is InChI=1S/C12H23N3O2S.HI/c13-12(15-6-3-1-2-4-7-15)14-9-11-5-8-18(16,17)10-11;/h11H,1-10H2,(H2,13,14);1H. The minimum atomic E-state index is -2.80. The molecule has 0 bridgehead atoms. The molecule has 2 rings (SSSR count). The van der Waals surface area contributed by atoms with Gasteiger partial charge >= 0.3 is 0 Å². The molecule has 2 aliphatic heterocycles. The molecular formula is C12H24IN3O2S. The molecule has 0 aliphatic carbocycles. The smallest absolute Gasteiger partial charge is 0.191 e. The van der Waals surface area contributed by atoms with Crippen molar-refractivity contribution in [2.45, 2.75) is 32.1 Å². The third-order valence-electron chi connectivity index (χ3n) is 3.77. The second kappa shape index (κ2) is 7.66. The first-order valence-corrected chi connectivity index (χ1v) is 8.64. The highest BCUT2D eigenvalue weighted by molar-refractivity contribution is 14.0. The first-order valence-electron chi connectivity index (χ1n) is 6.82. The van der Waals surface area contributed by atoms with E-state index in [1.807, 2.05) is 0 Å². The van der Waals surface area contributed by atoms with Gasteiger partial charge in [-0.2, -0.15) is 0 Å². The molecule has 0 amide bonds. The molecule has 0 spiro atoms. The summed E-state index contributed by atoms with van der Waals surface area (Å²) >= 11 is 0. The zero-order valence-electron chi connectivity index (χ0n) is 11.3. The van der Waals surface area contributed by atoms with Crippen molar-refractivity contribution in [3.8, 4) is 0 Å². The van der Waals surface area contributed by atoms with Crippen LogP contribution < -0.4 is 5.73 Å². The lowest BCUT2D eigenvalue weighted by molar-refractivity contribution is 0.426. The fourth-order valence-electron chi connectivity index (χ4n) is 2.64. The number of rotatable bonds is 2. The van der Waals surface area contributed by atoms with E-state index in [9.17, 15) is 8.42 Å². The van der Waals surface area contributed by atoms with E-state index in [1.54, 1.807) is 0 Å². The van der Waals surface area contributed by atoms with E-state index in [2.05, 4.69) is 9.89 Å². The van der Waals surface area contributed by atoms with Gasteiger partial charge in [0.25, 0.3) is 0 Å². The Balaban J connectivity index is 0.00000180. The van der Waals surface area contributed by atoms with Gasteiger partial charge in [0.05, 0.1) is 11.5 Å². The van der Waals surface area contributed by atoms with Crippen LogP contribution in [0.15, 0.2) is 4.99 Å². The lowest BCUT2D eigenvalue weighted by Crippen LogP contribution is -2.38. The largest absolute Gasteiger partial charge is 0.370 e. The molecule has 2 N–H and O–H groups in total. The van der Waals surface area contributed by atoms with Crippen LogP contribution in [0.3, 0.4) is 0 Å². The van der Waals surface area contributed by atoms with Gasteiger partial charge in [-0.05, 0) is 25.2 Å². The highest BCUT2D eigenvalue weighted by Gasteiger charge is 2.27. The molecule has 19 heavy (non-hydrogen) atoms. The van der Waals surface area contributed by atoms with Crippen LogP contribution in [0.25, 0.3) is 0 Å². The summed E-state index contributed by atoms with van der Waals surface area (Å²) in [6, 6.07) is 0. The van der Waals surface area contributed by atoms with E-state index in [0.717, 1.165) is 19.5 Å². The predicted molar refractivity (Wildman–Crippen MR) is 88.7 cm³/mol. The molecule has 2 heterocycles. The Kier molecular flexibility index (Phi) is 6.85. The summed E-state index contributed by atoms with van der Waals surface area (Å²) in [7, 11) is -2.80. The Morgan fingerprint density at radius 3 is 2.37 bits per heavy atom. The van der Waals surface area contributed by atoms with E-state index < -0.39 is 9.84 Å². The van der Waals surface area contributed by atoms with Gasteiger partial charge in [-0.15, -0.1) is 24.0 Å². The van der Waals surface area contributed by atoms with Gasteiger partial charge in [0.1, 0.15) is 0 Å². The van der Waals surface area contributed by atoms with Crippen LogP contribution >= 0.6 is 24.0 Å². The molecule has 1 atom stereocenters. The normalized spacial score (nSPS) is 27.7. The second-order valence-corrected chi connectivity index (χ2v) is 7.60. The summed E-state index contributed by atoms with van der Waals surface area (Å²) in [6.07, 6.45) is 5.62. The number of guanidine groups is 1. The minimum absolute atomic E-state index is 0. The molecule has 5 nitrogen and oxygen atoms in total. The zero-order chi connectivity index (χ0) is 13.0. The fourth-order valence-corrected chi connectivity index (χ4v) is 4.49. The predicted octanol–water partition coefficient (Wildman–Crippen LogP) is 1.23. The number of nitrogens with two attached hydrogens (primary N) is 1. The fraction of sp³-hybridized carbons (Fsp3) is 0.917. The van der Waals surface area contributed by atoms with Gasteiger partial charge in [-0.25, -0.2) is 8.42 Å². The van der Waals surface area contributed by atoms with Crippen molar-refractivity contribution in [2.24, 2.45) is 16.6 Å². The zero-order valence-corrected chi connectivity index (χ0v) is 14.4. The van der Waals surface area contributed by atoms with E-state index >= 15 is 0 Å². The minimum Gasteiger partial charge on any atom is -0.370 e. The highest BCUT2D eigenvalue weighted by Crippen LogP contribution is 2.18. The topological polar surface area (TPSA) is 75.8 Å². The number of likely N-dealkylation sites (tertiary alicyclic amines) is 1. The average Bonchev–Trinajstić information content (AvgIpc) is 2.57. The number of nitrogens with zero attached hydrogens (tertiary/aromatic N) is 2. The summed E-state index contributed by atoms with van der Waals surface area (Å²) < 4.78 is 22.7. The van der Waals surface area contributed by atoms with Crippen molar-refractivity contribution in [3.05, 3.63) is 0 Å². The van der Waals surface area contributed by atoms with Crippen LogP contribution in [0, 0.1) is 5.92 Å². The number of aliphatic imine (C=N–C) groups is 1. The average molecular weight is 401 g/mol. The van der Waals surface area contributed by atoms with E-state index in [-0.39, 0.29) is 35.6 Å². The van der Waals surface area contributed by atoms with Crippen molar-refractivity contribution in [2.75, 3.05) is 31.1 Å². The third kappa shape index (κ3) is 5.45. The van der Waals surface area contributed by atoms with Crippen LogP contribution in [0.2, 0.25) is 0 Å². The molecule has 7 heteroatoms. The van der Waals surface area contributed by atoms with Gasteiger partial charge in [-0.3, -0.25) is 4.99 Å². The van der Waals surface area contributed by atoms with Crippen molar-refractivity contribution >= 4 is 39.8 Å². The monoisotopic (exact) mass is 401 g/mol. The van der Waals surface area contributed by atoms with Crippen LogP contribution in [0.4, 0.5) is 0 Å². The van der Waals surface area contributed by atoms with Gasteiger partial charge < -0.3 is 10.6 Å². The van der Waals surface area contributed by atoms with E-state index in [0.29, 0.717) is 18.3 Å². The molecule has 0 aromatic heterocycles. The highest BCUT2D eigenvalue weighted by atomic mass is 127. The molecule has 2 aliphatic rings. The first kappa shape index (κ1) is 17.0. The van der Waals surface area contributed by atoms with Gasteiger partial charge in [0.15, 0.2) is 15.8 Å². The lowest BCUT2D eigenvalue weighted by Gasteiger charge is -2.21. The van der Waals surface area contributed by atoms with Crippen LogP contribution in [-0.4, -0.2) is 50.4 Å². The van der Waals surface area contributed by atoms with Gasteiger partial charge in [0, 0.05) is 19.6 Å². The molecule has 0 aromatic carbocycles. The third-order valence-corrected chi connectivity index (χ3v) is 5.61. The number of sulfone groups is 1. The lowest BCUT2D eigenvalue weighted by atomic mass is 10.1. The molecule has 1 unspecified atom stereocenters. The molecule has 2 saturated heterocycles. The molecule has 0 aromatic rings.